The molecule has 3 N–H and O–H groups in total. The van der Waals surface area contributed by atoms with Gasteiger partial charge in [-0.3, -0.25) is 14.4 Å². The summed E-state index contributed by atoms with van der Waals surface area (Å²) in [4.78, 5) is 35.2. The molecule has 0 spiro atoms. The lowest BCUT2D eigenvalue weighted by atomic mass is 10.00. The Morgan fingerprint density at radius 3 is 2.23 bits per heavy atom. The third-order valence-corrected chi connectivity index (χ3v) is 3.49. The van der Waals surface area contributed by atoms with Crippen LogP contribution < -0.4 is 10.6 Å². The number of furan rings is 1. The Morgan fingerprint density at radius 2 is 1.77 bits per heavy atom. The number of aliphatic carboxylic acids is 1. The van der Waals surface area contributed by atoms with Crippen molar-refractivity contribution in [1.29, 1.82) is 0 Å². The number of amides is 2. The quantitative estimate of drug-likeness (QED) is 0.702. The molecule has 0 fully saturated rings. The second-order valence-corrected chi connectivity index (χ2v) is 5.60. The molecule has 3 unspecified atom stereocenters. The van der Waals surface area contributed by atoms with E-state index in [1.54, 1.807) is 26.8 Å². The van der Waals surface area contributed by atoms with E-state index in [4.69, 9.17) is 9.52 Å². The molecule has 7 heteroatoms. The van der Waals surface area contributed by atoms with Crippen LogP contribution in [-0.4, -0.2) is 35.0 Å². The zero-order valence-corrected chi connectivity index (χ0v) is 13.1. The Kier molecular flexibility index (Phi) is 6.15. The van der Waals surface area contributed by atoms with Gasteiger partial charge < -0.3 is 20.2 Å². The summed E-state index contributed by atoms with van der Waals surface area (Å²) in [5, 5.41) is 14.2. The van der Waals surface area contributed by atoms with Crippen molar-refractivity contribution in [3.05, 3.63) is 24.2 Å². The van der Waals surface area contributed by atoms with Crippen LogP contribution in [0.1, 0.15) is 38.2 Å². The third kappa shape index (κ3) is 4.61. The average Bonchev–Trinajstić information content (AvgIpc) is 2.96. The maximum atomic E-state index is 12.3. The summed E-state index contributed by atoms with van der Waals surface area (Å²) in [6.45, 7) is 6.71. The van der Waals surface area contributed by atoms with Crippen molar-refractivity contribution in [1.82, 2.24) is 10.6 Å². The maximum Gasteiger partial charge on any atom is 0.308 e. The monoisotopic (exact) mass is 310 g/mol. The van der Waals surface area contributed by atoms with Gasteiger partial charge in [0.1, 0.15) is 6.04 Å². The molecule has 7 nitrogen and oxygen atoms in total. The molecule has 22 heavy (non-hydrogen) atoms. The van der Waals surface area contributed by atoms with E-state index in [0.717, 1.165) is 0 Å². The fraction of sp³-hybridized carbons (Fsp3) is 0.533. The SMILES string of the molecule is CC(C)C(NC(=O)c1ccco1)C(=O)NC(C)C(C)C(=O)O. The summed E-state index contributed by atoms with van der Waals surface area (Å²) in [5.41, 5.74) is 0. The number of rotatable bonds is 7. The molecule has 0 aromatic carbocycles. The smallest absolute Gasteiger partial charge is 0.308 e. The molecular weight excluding hydrogens is 288 g/mol. The van der Waals surface area contributed by atoms with Gasteiger partial charge in [-0.2, -0.15) is 0 Å². The highest BCUT2D eigenvalue weighted by Crippen LogP contribution is 2.08. The minimum absolute atomic E-state index is 0.116. The first-order valence-electron chi connectivity index (χ1n) is 7.11. The lowest BCUT2D eigenvalue weighted by Crippen LogP contribution is -2.53. The summed E-state index contributed by atoms with van der Waals surface area (Å²) in [6.07, 6.45) is 1.37. The zero-order chi connectivity index (χ0) is 16.9. The van der Waals surface area contributed by atoms with Gasteiger partial charge in [0.2, 0.25) is 5.91 Å². The van der Waals surface area contributed by atoms with E-state index in [0.29, 0.717) is 0 Å². The van der Waals surface area contributed by atoms with E-state index < -0.39 is 35.8 Å². The first-order chi connectivity index (χ1) is 10.2. The molecule has 3 atom stereocenters. The zero-order valence-electron chi connectivity index (χ0n) is 13.1. The molecule has 0 bridgehead atoms. The van der Waals surface area contributed by atoms with Gasteiger partial charge in [0.05, 0.1) is 12.2 Å². The van der Waals surface area contributed by atoms with Gasteiger partial charge in [-0.05, 0) is 31.9 Å². The number of carboxylic acid groups (broad SMARTS) is 1. The summed E-state index contributed by atoms with van der Waals surface area (Å²) < 4.78 is 4.98. The summed E-state index contributed by atoms with van der Waals surface area (Å²) in [5.74, 6) is -2.67. The molecule has 0 aliphatic carbocycles. The number of carbonyl (C=O) groups is 3. The van der Waals surface area contributed by atoms with Crippen molar-refractivity contribution in [2.45, 2.75) is 39.8 Å². The Bertz CT molecular complexity index is 524. The van der Waals surface area contributed by atoms with E-state index in [1.165, 1.54) is 19.3 Å². The van der Waals surface area contributed by atoms with Crippen LogP contribution in [0.25, 0.3) is 0 Å². The average molecular weight is 310 g/mol. The van der Waals surface area contributed by atoms with Gasteiger partial charge in [0.25, 0.3) is 5.91 Å². The second-order valence-electron chi connectivity index (χ2n) is 5.60. The molecule has 0 radical (unpaired) electrons. The van der Waals surface area contributed by atoms with Crippen molar-refractivity contribution in [2.75, 3.05) is 0 Å². The molecule has 1 aromatic rings. The van der Waals surface area contributed by atoms with Crippen molar-refractivity contribution in [3.8, 4) is 0 Å². The maximum absolute atomic E-state index is 12.3. The molecule has 0 saturated carbocycles. The Hall–Kier alpha value is -2.31. The molecule has 1 rings (SSSR count). The van der Waals surface area contributed by atoms with Gasteiger partial charge in [0.15, 0.2) is 5.76 Å². The lowest BCUT2D eigenvalue weighted by molar-refractivity contribution is -0.142. The van der Waals surface area contributed by atoms with Crippen molar-refractivity contribution in [2.24, 2.45) is 11.8 Å². The van der Waals surface area contributed by atoms with Crippen LogP contribution in [0.2, 0.25) is 0 Å². The Labute approximate surface area is 129 Å². The van der Waals surface area contributed by atoms with Crippen LogP contribution in [0, 0.1) is 11.8 Å². The fourth-order valence-corrected chi connectivity index (χ4v) is 1.81. The van der Waals surface area contributed by atoms with E-state index in [-0.39, 0.29) is 11.7 Å². The van der Waals surface area contributed by atoms with Crippen LogP contribution in [0.15, 0.2) is 22.8 Å². The fourth-order valence-electron chi connectivity index (χ4n) is 1.81. The minimum atomic E-state index is -0.992. The van der Waals surface area contributed by atoms with E-state index in [9.17, 15) is 14.4 Å². The van der Waals surface area contributed by atoms with Crippen molar-refractivity contribution < 1.29 is 23.9 Å². The summed E-state index contributed by atoms with van der Waals surface area (Å²) >= 11 is 0. The number of nitrogens with one attached hydrogen (secondary N) is 2. The molecule has 1 heterocycles. The predicted molar refractivity (Wildman–Crippen MR) is 79.2 cm³/mol. The van der Waals surface area contributed by atoms with Gasteiger partial charge >= 0.3 is 5.97 Å². The predicted octanol–water partition coefficient (Wildman–Crippen LogP) is 1.26. The Balaban J connectivity index is 2.72. The van der Waals surface area contributed by atoms with E-state index in [2.05, 4.69) is 10.6 Å². The van der Waals surface area contributed by atoms with Gasteiger partial charge in [-0.15, -0.1) is 0 Å². The normalized spacial score (nSPS) is 15.0. The van der Waals surface area contributed by atoms with Crippen molar-refractivity contribution >= 4 is 17.8 Å². The number of carboxylic acids is 1. The van der Waals surface area contributed by atoms with Crippen LogP contribution in [0.5, 0.6) is 0 Å². The molecule has 0 aliphatic rings. The lowest BCUT2D eigenvalue weighted by Gasteiger charge is -2.25. The number of hydrogen-bond donors (Lipinski definition) is 3. The minimum Gasteiger partial charge on any atom is -0.481 e. The van der Waals surface area contributed by atoms with Crippen LogP contribution in [-0.2, 0) is 9.59 Å². The van der Waals surface area contributed by atoms with E-state index in [1.807, 2.05) is 0 Å². The van der Waals surface area contributed by atoms with Gasteiger partial charge in [-0.1, -0.05) is 13.8 Å². The molecule has 0 aliphatic heterocycles. The molecule has 2 amide bonds. The highest BCUT2D eigenvalue weighted by molar-refractivity contribution is 5.95. The molecule has 0 saturated heterocycles. The Morgan fingerprint density at radius 1 is 1.14 bits per heavy atom. The van der Waals surface area contributed by atoms with Crippen LogP contribution in [0.3, 0.4) is 0 Å². The topological polar surface area (TPSA) is 109 Å². The first-order valence-corrected chi connectivity index (χ1v) is 7.11. The largest absolute Gasteiger partial charge is 0.481 e. The molecular formula is C15H22N2O5. The summed E-state index contributed by atoms with van der Waals surface area (Å²) in [6, 6.07) is 1.75. The standard InChI is InChI=1S/C15H22N2O5/c1-8(2)12(17-13(18)11-6-5-7-22-11)14(19)16-10(4)9(3)15(20)21/h5-10,12H,1-4H3,(H,16,19)(H,17,18)(H,20,21). The highest BCUT2D eigenvalue weighted by atomic mass is 16.4. The first kappa shape index (κ1) is 17.7. The van der Waals surface area contributed by atoms with E-state index >= 15 is 0 Å². The third-order valence-electron chi connectivity index (χ3n) is 3.49. The van der Waals surface area contributed by atoms with Gasteiger partial charge in [0, 0.05) is 6.04 Å². The number of carbonyl (C=O) groups excluding carboxylic acids is 2. The second kappa shape index (κ2) is 7.63. The molecule has 122 valence electrons. The van der Waals surface area contributed by atoms with Crippen LogP contribution >= 0.6 is 0 Å². The van der Waals surface area contributed by atoms with Crippen LogP contribution in [0.4, 0.5) is 0 Å². The molecule has 1 aromatic heterocycles. The van der Waals surface area contributed by atoms with Gasteiger partial charge in [-0.25, -0.2) is 0 Å². The van der Waals surface area contributed by atoms with Crippen molar-refractivity contribution in [3.63, 3.8) is 0 Å². The number of hydrogen-bond acceptors (Lipinski definition) is 4. The summed E-state index contributed by atoms with van der Waals surface area (Å²) in [7, 11) is 0. The highest BCUT2D eigenvalue weighted by Gasteiger charge is 2.29.